The molecule has 1 aromatic rings. The Kier molecular flexibility index (Phi) is 4.49. The zero-order valence-corrected chi connectivity index (χ0v) is 9.06. The van der Waals surface area contributed by atoms with Gasteiger partial charge in [-0.3, -0.25) is 10.1 Å². The molecule has 0 bridgehead atoms. The standard InChI is InChI=1S/C12H13NO3/c1-10-6-7-11(5-3-2-4-8-14)12(9-10)13(15)16/h6-7,9,14H,2,4,8H2,1H3. The second-order valence-electron chi connectivity index (χ2n) is 3.41. The maximum atomic E-state index is 10.8. The summed E-state index contributed by atoms with van der Waals surface area (Å²) in [5.41, 5.74) is 1.30. The second-order valence-corrected chi connectivity index (χ2v) is 3.41. The monoisotopic (exact) mass is 219 g/mol. The smallest absolute Gasteiger partial charge is 0.285 e. The van der Waals surface area contributed by atoms with Gasteiger partial charge in [0, 0.05) is 19.1 Å². The van der Waals surface area contributed by atoms with Crippen LogP contribution in [0.5, 0.6) is 0 Å². The third-order valence-corrected chi connectivity index (χ3v) is 2.03. The Labute approximate surface area is 94.1 Å². The van der Waals surface area contributed by atoms with E-state index in [0.29, 0.717) is 18.4 Å². The SMILES string of the molecule is Cc1ccc(C#CCCCO)c([N+](=O)[O-])c1. The van der Waals surface area contributed by atoms with Gasteiger partial charge in [0.05, 0.1) is 4.92 Å². The highest BCUT2D eigenvalue weighted by Gasteiger charge is 2.11. The normalized spacial score (nSPS) is 9.38. The first kappa shape index (κ1) is 12.2. The predicted octanol–water partition coefficient (Wildman–Crippen LogP) is 2.03. The average molecular weight is 219 g/mol. The lowest BCUT2D eigenvalue weighted by Crippen LogP contribution is -1.92. The van der Waals surface area contributed by atoms with E-state index in [1.54, 1.807) is 19.1 Å². The minimum atomic E-state index is -0.428. The number of unbranched alkanes of at least 4 members (excludes halogenated alkanes) is 1. The molecule has 0 fully saturated rings. The van der Waals surface area contributed by atoms with Gasteiger partial charge in [-0.15, -0.1) is 0 Å². The molecule has 0 aliphatic rings. The van der Waals surface area contributed by atoms with E-state index in [1.807, 2.05) is 0 Å². The van der Waals surface area contributed by atoms with Crippen molar-refractivity contribution < 1.29 is 10.0 Å². The quantitative estimate of drug-likeness (QED) is 0.366. The lowest BCUT2D eigenvalue weighted by molar-refractivity contribution is -0.385. The van der Waals surface area contributed by atoms with Crippen molar-refractivity contribution in [2.75, 3.05) is 6.61 Å². The van der Waals surface area contributed by atoms with Crippen LogP contribution < -0.4 is 0 Å². The molecule has 0 amide bonds. The summed E-state index contributed by atoms with van der Waals surface area (Å²) in [5.74, 6) is 5.56. The van der Waals surface area contributed by atoms with E-state index in [1.165, 1.54) is 6.07 Å². The fourth-order valence-electron chi connectivity index (χ4n) is 1.22. The summed E-state index contributed by atoms with van der Waals surface area (Å²) in [6.07, 6.45) is 1.13. The molecular weight excluding hydrogens is 206 g/mol. The van der Waals surface area contributed by atoms with Crippen LogP contribution in [0, 0.1) is 28.9 Å². The molecule has 0 heterocycles. The Bertz CT molecular complexity index is 443. The number of rotatable bonds is 3. The molecule has 1 rings (SSSR count). The minimum Gasteiger partial charge on any atom is -0.396 e. The molecule has 0 aromatic heterocycles. The van der Waals surface area contributed by atoms with Gasteiger partial charge in [-0.25, -0.2) is 0 Å². The maximum Gasteiger partial charge on any atom is 0.285 e. The highest BCUT2D eigenvalue weighted by molar-refractivity contribution is 5.52. The Morgan fingerprint density at radius 1 is 1.50 bits per heavy atom. The number of nitrogens with zero attached hydrogens (tertiary/aromatic N) is 1. The van der Waals surface area contributed by atoms with Crippen LogP contribution >= 0.6 is 0 Å². The van der Waals surface area contributed by atoms with Crippen molar-refractivity contribution in [1.82, 2.24) is 0 Å². The summed E-state index contributed by atoms with van der Waals surface area (Å²) in [7, 11) is 0. The van der Waals surface area contributed by atoms with E-state index in [2.05, 4.69) is 11.8 Å². The van der Waals surface area contributed by atoms with Crippen LogP contribution in [0.1, 0.15) is 24.0 Å². The van der Waals surface area contributed by atoms with Gasteiger partial charge in [0.15, 0.2) is 0 Å². The number of aliphatic hydroxyl groups is 1. The van der Waals surface area contributed by atoms with Gasteiger partial charge in [-0.1, -0.05) is 17.9 Å². The predicted molar refractivity (Wildman–Crippen MR) is 61.0 cm³/mol. The highest BCUT2D eigenvalue weighted by Crippen LogP contribution is 2.18. The number of aliphatic hydroxyl groups excluding tert-OH is 1. The Hall–Kier alpha value is -1.86. The number of nitro benzene ring substituents is 1. The van der Waals surface area contributed by atoms with E-state index < -0.39 is 4.92 Å². The van der Waals surface area contributed by atoms with E-state index in [0.717, 1.165) is 5.56 Å². The molecule has 4 heteroatoms. The second kappa shape index (κ2) is 5.89. The molecule has 4 nitrogen and oxygen atoms in total. The number of hydrogen-bond donors (Lipinski definition) is 1. The summed E-state index contributed by atoms with van der Waals surface area (Å²) < 4.78 is 0. The Morgan fingerprint density at radius 2 is 2.25 bits per heavy atom. The van der Waals surface area contributed by atoms with Crippen LogP contribution in [-0.4, -0.2) is 16.6 Å². The van der Waals surface area contributed by atoms with E-state index in [9.17, 15) is 10.1 Å². The first-order valence-corrected chi connectivity index (χ1v) is 5.00. The summed E-state index contributed by atoms with van der Waals surface area (Å²) in [5, 5.41) is 19.3. The first-order chi connectivity index (χ1) is 7.65. The molecular formula is C12H13NO3. The maximum absolute atomic E-state index is 10.8. The zero-order valence-electron chi connectivity index (χ0n) is 9.06. The molecule has 0 unspecified atom stereocenters. The van der Waals surface area contributed by atoms with Crippen LogP contribution in [0.3, 0.4) is 0 Å². The summed E-state index contributed by atoms with van der Waals surface area (Å²) in [4.78, 5) is 10.3. The van der Waals surface area contributed by atoms with Gasteiger partial charge in [0.1, 0.15) is 5.56 Å². The molecule has 0 aliphatic heterocycles. The van der Waals surface area contributed by atoms with Gasteiger partial charge < -0.3 is 5.11 Å². The summed E-state index contributed by atoms with van der Waals surface area (Å²) >= 11 is 0. The molecule has 16 heavy (non-hydrogen) atoms. The van der Waals surface area contributed by atoms with Crippen LogP contribution in [-0.2, 0) is 0 Å². The van der Waals surface area contributed by atoms with Crippen molar-refractivity contribution in [3.8, 4) is 11.8 Å². The molecule has 1 N–H and O–H groups in total. The van der Waals surface area contributed by atoms with Gasteiger partial charge in [0.2, 0.25) is 0 Å². The van der Waals surface area contributed by atoms with E-state index in [-0.39, 0.29) is 12.3 Å². The zero-order chi connectivity index (χ0) is 12.0. The molecule has 0 spiro atoms. The van der Waals surface area contributed by atoms with Crippen molar-refractivity contribution in [3.05, 3.63) is 39.4 Å². The van der Waals surface area contributed by atoms with Crippen molar-refractivity contribution >= 4 is 5.69 Å². The lowest BCUT2D eigenvalue weighted by Gasteiger charge is -1.96. The third-order valence-electron chi connectivity index (χ3n) is 2.03. The molecule has 1 aromatic carbocycles. The van der Waals surface area contributed by atoms with E-state index in [4.69, 9.17) is 5.11 Å². The van der Waals surface area contributed by atoms with E-state index >= 15 is 0 Å². The Morgan fingerprint density at radius 3 is 2.88 bits per heavy atom. The van der Waals surface area contributed by atoms with Crippen molar-refractivity contribution in [2.24, 2.45) is 0 Å². The minimum absolute atomic E-state index is 0.0384. The molecule has 0 saturated carbocycles. The lowest BCUT2D eigenvalue weighted by atomic mass is 10.1. The largest absolute Gasteiger partial charge is 0.396 e. The van der Waals surface area contributed by atoms with Gasteiger partial charge in [0.25, 0.3) is 5.69 Å². The van der Waals surface area contributed by atoms with Crippen LogP contribution in [0.25, 0.3) is 0 Å². The molecule has 0 radical (unpaired) electrons. The van der Waals surface area contributed by atoms with Crippen molar-refractivity contribution in [3.63, 3.8) is 0 Å². The van der Waals surface area contributed by atoms with Gasteiger partial charge >= 0.3 is 0 Å². The molecule has 84 valence electrons. The topological polar surface area (TPSA) is 63.4 Å². The summed E-state index contributed by atoms with van der Waals surface area (Å²) in [6.45, 7) is 1.89. The molecule has 0 atom stereocenters. The highest BCUT2D eigenvalue weighted by atomic mass is 16.6. The number of aryl methyl sites for hydroxylation is 1. The molecule has 0 aliphatic carbocycles. The van der Waals surface area contributed by atoms with Crippen LogP contribution in [0.2, 0.25) is 0 Å². The van der Waals surface area contributed by atoms with Gasteiger partial charge in [-0.05, 0) is 25.0 Å². The Balaban J connectivity index is 2.93. The first-order valence-electron chi connectivity index (χ1n) is 5.00. The van der Waals surface area contributed by atoms with Crippen molar-refractivity contribution in [2.45, 2.75) is 19.8 Å². The third kappa shape index (κ3) is 3.37. The fraction of sp³-hybridized carbons (Fsp3) is 0.333. The van der Waals surface area contributed by atoms with Crippen LogP contribution in [0.15, 0.2) is 18.2 Å². The number of benzene rings is 1. The molecule has 0 saturated heterocycles. The number of hydrogen-bond acceptors (Lipinski definition) is 3. The van der Waals surface area contributed by atoms with Crippen LogP contribution in [0.4, 0.5) is 5.69 Å². The summed E-state index contributed by atoms with van der Waals surface area (Å²) in [6, 6.07) is 4.96. The van der Waals surface area contributed by atoms with Crippen molar-refractivity contribution in [1.29, 1.82) is 0 Å². The fourth-order valence-corrected chi connectivity index (χ4v) is 1.22. The average Bonchev–Trinajstić information content (AvgIpc) is 2.26. The number of nitro groups is 1. The van der Waals surface area contributed by atoms with Gasteiger partial charge in [-0.2, -0.15) is 0 Å².